The highest BCUT2D eigenvalue weighted by atomic mass is 32.2. The van der Waals surface area contributed by atoms with Crippen molar-refractivity contribution < 1.29 is 63.2 Å². The van der Waals surface area contributed by atoms with Crippen molar-refractivity contribution in [3.63, 3.8) is 0 Å². The predicted octanol–water partition coefficient (Wildman–Crippen LogP) is 5.32. The van der Waals surface area contributed by atoms with E-state index in [-0.39, 0.29) is 21.3 Å². The molecule has 4 aromatic carbocycles. The Morgan fingerprint density at radius 2 is 1.06 bits per heavy atom. The van der Waals surface area contributed by atoms with Crippen LogP contribution in [-0.4, -0.2) is 73.6 Å². The number of hydrogen-bond donors (Lipinski definition) is 0. The minimum absolute atomic E-state index is 0.0626. The molecule has 270 valence electrons. The number of carbonyl (C=O) groups excluding carboxylic acids is 2. The second-order valence-electron chi connectivity index (χ2n) is 11.2. The smallest absolute Gasteiger partial charge is 0.424 e. The molecule has 4 aromatic rings. The van der Waals surface area contributed by atoms with Gasteiger partial charge in [-0.3, -0.25) is 8.37 Å². The van der Waals surface area contributed by atoms with Crippen molar-refractivity contribution in [1.29, 1.82) is 0 Å². The van der Waals surface area contributed by atoms with Gasteiger partial charge < -0.3 is 28.4 Å². The van der Waals surface area contributed by atoms with Crippen LogP contribution in [0.1, 0.15) is 11.1 Å². The first-order chi connectivity index (χ1) is 24.3. The van der Waals surface area contributed by atoms with Gasteiger partial charge in [-0.25, -0.2) is 9.59 Å². The van der Waals surface area contributed by atoms with Crippen LogP contribution in [-0.2, 0) is 47.5 Å². The number of hydrogen-bond acceptors (Lipinski definition) is 14. The molecule has 1 saturated heterocycles. The Bertz CT molecular complexity index is 1990. The van der Waals surface area contributed by atoms with E-state index in [2.05, 4.69) is 0 Å². The van der Waals surface area contributed by atoms with E-state index in [0.717, 1.165) is 18.2 Å². The van der Waals surface area contributed by atoms with Crippen molar-refractivity contribution in [2.24, 2.45) is 0 Å². The molecule has 51 heavy (non-hydrogen) atoms. The highest BCUT2D eigenvalue weighted by Crippen LogP contribution is 2.33. The first-order valence-corrected chi connectivity index (χ1v) is 18.2. The highest BCUT2D eigenvalue weighted by Gasteiger charge is 2.54. The van der Waals surface area contributed by atoms with Crippen molar-refractivity contribution in [3.05, 3.63) is 120 Å². The quantitative estimate of drug-likeness (QED) is 0.104. The van der Waals surface area contributed by atoms with Gasteiger partial charge in [0.1, 0.15) is 23.7 Å². The fraction of sp³-hybridized carbons (Fsp3) is 0.257. The van der Waals surface area contributed by atoms with Crippen molar-refractivity contribution in [2.45, 2.75) is 54.3 Å². The van der Waals surface area contributed by atoms with Gasteiger partial charge in [-0.15, -0.1) is 0 Å². The molecule has 0 spiro atoms. The molecule has 14 nitrogen and oxygen atoms in total. The average Bonchev–Trinajstić information content (AvgIpc) is 3.10. The summed E-state index contributed by atoms with van der Waals surface area (Å²) in [6.45, 7) is 2.65. The van der Waals surface area contributed by atoms with Gasteiger partial charge in [0.25, 0.3) is 20.2 Å². The van der Waals surface area contributed by atoms with Gasteiger partial charge in [0, 0.05) is 7.11 Å². The van der Waals surface area contributed by atoms with Crippen molar-refractivity contribution >= 4 is 32.5 Å². The normalized spacial score (nSPS) is 20.6. The van der Waals surface area contributed by atoms with Crippen LogP contribution >= 0.6 is 0 Å². The zero-order valence-electron chi connectivity index (χ0n) is 27.5. The van der Waals surface area contributed by atoms with Crippen LogP contribution in [0.3, 0.4) is 0 Å². The summed E-state index contributed by atoms with van der Waals surface area (Å²) in [4.78, 5) is 25.8. The lowest BCUT2D eigenvalue weighted by Gasteiger charge is -2.43. The van der Waals surface area contributed by atoms with Crippen LogP contribution in [0.4, 0.5) is 9.59 Å². The summed E-state index contributed by atoms with van der Waals surface area (Å²) in [5, 5.41) is 0. The van der Waals surface area contributed by atoms with Crippen LogP contribution in [0.5, 0.6) is 11.5 Å². The zero-order valence-corrected chi connectivity index (χ0v) is 29.2. The van der Waals surface area contributed by atoms with E-state index in [4.69, 9.17) is 36.8 Å². The molecule has 0 unspecified atom stereocenters. The Kier molecular flexibility index (Phi) is 12.1. The summed E-state index contributed by atoms with van der Waals surface area (Å²) in [6, 6.07) is 27.0. The summed E-state index contributed by atoms with van der Waals surface area (Å²) >= 11 is 0. The molecule has 1 aliphatic rings. The number of para-hydroxylation sites is 2. The number of methoxy groups -OCH3 is 1. The molecule has 16 heteroatoms. The highest BCUT2D eigenvalue weighted by molar-refractivity contribution is 7.87. The van der Waals surface area contributed by atoms with E-state index in [1.165, 1.54) is 60.7 Å². The van der Waals surface area contributed by atoms with E-state index in [9.17, 15) is 26.4 Å². The van der Waals surface area contributed by atoms with Crippen LogP contribution < -0.4 is 9.47 Å². The second kappa shape index (κ2) is 16.5. The predicted molar refractivity (Wildman–Crippen MR) is 178 cm³/mol. The molecule has 1 heterocycles. The van der Waals surface area contributed by atoms with Crippen molar-refractivity contribution in [3.8, 4) is 11.5 Å². The maximum absolute atomic E-state index is 13.7. The topological polar surface area (TPSA) is 176 Å². The zero-order chi connectivity index (χ0) is 36.6. The largest absolute Gasteiger partial charge is 0.514 e. The summed E-state index contributed by atoms with van der Waals surface area (Å²) in [6.07, 6.45) is -11.5. The van der Waals surface area contributed by atoms with E-state index in [1.807, 2.05) is 0 Å². The molecule has 0 aliphatic carbocycles. The molecule has 0 aromatic heterocycles. The minimum atomic E-state index is -4.70. The molecule has 0 radical (unpaired) electrons. The number of carbonyl (C=O) groups is 2. The Labute approximate surface area is 295 Å². The monoisotopic (exact) mass is 742 g/mol. The lowest BCUT2D eigenvalue weighted by atomic mass is 9.99. The molecular weight excluding hydrogens is 709 g/mol. The number of rotatable bonds is 12. The third-order valence-electron chi connectivity index (χ3n) is 7.42. The Balaban J connectivity index is 1.52. The minimum Gasteiger partial charge on any atom is -0.424 e. The van der Waals surface area contributed by atoms with Crippen LogP contribution in [0.25, 0.3) is 0 Å². The fourth-order valence-electron chi connectivity index (χ4n) is 4.85. The van der Waals surface area contributed by atoms with Gasteiger partial charge in [0.2, 0.25) is 0 Å². The Morgan fingerprint density at radius 3 is 1.53 bits per heavy atom. The lowest BCUT2D eigenvalue weighted by molar-refractivity contribution is -0.289. The Hall–Kier alpha value is -4.84. The fourth-order valence-corrected chi connectivity index (χ4v) is 6.88. The van der Waals surface area contributed by atoms with Gasteiger partial charge in [-0.05, 0) is 62.4 Å². The first kappa shape index (κ1) is 37.4. The molecular formula is C35H34O14S2. The maximum atomic E-state index is 13.7. The van der Waals surface area contributed by atoms with Crippen molar-refractivity contribution in [2.75, 3.05) is 13.7 Å². The van der Waals surface area contributed by atoms with Crippen LogP contribution in [0.15, 0.2) is 119 Å². The second-order valence-corrected chi connectivity index (χ2v) is 14.3. The first-order valence-electron chi connectivity index (χ1n) is 15.4. The van der Waals surface area contributed by atoms with E-state index >= 15 is 0 Å². The Morgan fingerprint density at radius 1 is 0.608 bits per heavy atom. The number of benzene rings is 4. The van der Waals surface area contributed by atoms with Gasteiger partial charge in [-0.2, -0.15) is 16.8 Å². The molecule has 1 aliphatic heterocycles. The standard InChI is InChI=1S/C35H34O14S2/c1-23-14-18-27(19-15-23)50(38,39)43-22-29-30(49-51(40,41)28-20-16-24(2)17-21-28)31(47-34(36)44-25-10-6-4-7-11-25)32(33(42-3)46-29)48-35(37)45-26-12-8-5-9-13-26/h4-21,29-33H,22H2,1-3H3/t29-,30+,31+,32+,33-/m1/s1. The molecule has 1 fully saturated rings. The summed E-state index contributed by atoms with van der Waals surface area (Å²) < 4.78 is 97.7. The summed E-state index contributed by atoms with van der Waals surface area (Å²) in [5.41, 5.74) is 1.54. The molecule has 5 atom stereocenters. The maximum Gasteiger partial charge on any atom is 0.514 e. The number of aryl methyl sites for hydroxylation is 2. The lowest BCUT2D eigenvalue weighted by Crippen LogP contribution is -2.63. The average molecular weight is 743 g/mol. The van der Waals surface area contributed by atoms with Crippen LogP contribution in [0.2, 0.25) is 0 Å². The molecule has 0 N–H and O–H groups in total. The third kappa shape index (κ3) is 9.90. The SMILES string of the molecule is CO[C@@H]1O[C@H](COS(=O)(=O)c2ccc(C)cc2)[C@H](OS(=O)(=O)c2ccc(C)cc2)[C@H](OC(=O)Oc2ccccc2)[C@@H]1OC(=O)Oc1ccccc1. The van der Waals surface area contributed by atoms with Crippen molar-refractivity contribution in [1.82, 2.24) is 0 Å². The van der Waals surface area contributed by atoms with Gasteiger partial charge in [0.15, 0.2) is 18.5 Å². The van der Waals surface area contributed by atoms with E-state index in [1.54, 1.807) is 62.4 Å². The molecule has 5 rings (SSSR count). The third-order valence-corrected chi connectivity index (χ3v) is 10.0. The van der Waals surface area contributed by atoms with E-state index < -0.39 is 69.9 Å². The van der Waals surface area contributed by atoms with Crippen LogP contribution in [0, 0.1) is 13.8 Å². The molecule has 0 amide bonds. The van der Waals surface area contributed by atoms with Gasteiger partial charge in [-0.1, -0.05) is 71.8 Å². The molecule has 0 bridgehead atoms. The van der Waals surface area contributed by atoms with Gasteiger partial charge >= 0.3 is 12.3 Å². The summed E-state index contributed by atoms with van der Waals surface area (Å²) in [7, 11) is -7.98. The number of ether oxygens (including phenoxy) is 6. The van der Waals surface area contributed by atoms with Gasteiger partial charge in [0.05, 0.1) is 16.4 Å². The molecule has 0 saturated carbocycles. The summed E-state index contributed by atoms with van der Waals surface area (Å²) in [5.74, 6) is 0.157. The van der Waals surface area contributed by atoms with E-state index in [0.29, 0.717) is 0 Å².